The van der Waals surface area contributed by atoms with Gasteiger partial charge in [0.2, 0.25) is 0 Å². The minimum atomic E-state index is -0.870. The molecule has 6 nitrogen and oxygen atoms in total. The van der Waals surface area contributed by atoms with Gasteiger partial charge in [0.25, 0.3) is 5.91 Å². The maximum absolute atomic E-state index is 12.0. The zero-order valence-corrected chi connectivity index (χ0v) is 15.8. The summed E-state index contributed by atoms with van der Waals surface area (Å²) in [5.41, 5.74) is 0.783. The first kappa shape index (κ1) is 19.0. The Balaban J connectivity index is 1.50. The van der Waals surface area contributed by atoms with Gasteiger partial charge >= 0.3 is 5.97 Å². The third-order valence-electron chi connectivity index (χ3n) is 3.86. The minimum Gasteiger partial charge on any atom is -0.490 e. The summed E-state index contributed by atoms with van der Waals surface area (Å²) in [4.78, 5) is 25.0. The number of ether oxygens (including phenoxy) is 3. The number of amides is 1. The maximum Gasteiger partial charge on any atom is 0.331 e. The molecule has 0 saturated carbocycles. The van der Waals surface area contributed by atoms with E-state index in [0.717, 1.165) is 16.9 Å². The Morgan fingerprint density at radius 2 is 2.07 bits per heavy atom. The van der Waals surface area contributed by atoms with Crippen LogP contribution in [0.25, 0.3) is 6.08 Å². The van der Waals surface area contributed by atoms with E-state index in [0.29, 0.717) is 31.3 Å². The highest BCUT2D eigenvalue weighted by Gasteiger charge is 2.16. The molecule has 1 aromatic heterocycles. The molecule has 7 heteroatoms. The first-order valence-electron chi connectivity index (χ1n) is 8.70. The van der Waals surface area contributed by atoms with Crippen LogP contribution < -0.4 is 14.8 Å². The summed E-state index contributed by atoms with van der Waals surface area (Å²) in [6.07, 6.45) is 2.87. The van der Waals surface area contributed by atoms with Crippen LogP contribution >= 0.6 is 11.3 Å². The Morgan fingerprint density at radius 1 is 1.26 bits per heavy atom. The maximum atomic E-state index is 12.0. The molecule has 2 heterocycles. The standard InChI is InChI=1S/C20H21NO5S/c1-14(20(23)21-13-16-4-2-11-27-16)26-19(22)8-6-15-5-7-17-18(12-15)25-10-3-9-24-17/h2,4-8,11-12,14H,3,9-10,13H2,1H3,(H,21,23)/b8-6+/t14-/m0/s1. The Labute approximate surface area is 161 Å². The molecular weight excluding hydrogens is 366 g/mol. The molecule has 1 aliphatic heterocycles. The van der Waals surface area contributed by atoms with E-state index in [1.54, 1.807) is 24.3 Å². The zero-order valence-electron chi connectivity index (χ0n) is 15.0. The van der Waals surface area contributed by atoms with Gasteiger partial charge in [-0.25, -0.2) is 4.79 Å². The molecule has 0 radical (unpaired) electrons. The predicted octanol–water partition coefficient (Wildman–Crippen LogP) is 3.17. The van der Waals surface area contributed by atoms with Crippen molar-refractivity contribution < 1.29 is 23.8 Å². The Kier molecular flexibility index (Phi) is 6.49. The van der Waals surface area contributed by atoms with Crippen molar-refractivity contribution in [3.05, 3.63) is 52.2 Å². The number of fused-ring (bicyclic) bond motifs is 1. The number of benzene rings is 1. The fourth-order valence-corrected chi connectivity index (χ4v) is 3.09. The van der Waals surface area contributed by atoms with E-state index in [4.69, 9.17) is 14.2 Å². The van der Waals surface area contributed by atoms with Gasteiger partial charge in [0, 0.05) is 17.4 Å². The van der Waals surface area contributed by atoms with Gasteiger partial charge < -0.3 is 19.5 Å². The molecule has 1 N–H and O–H groups in total. The number of thiophene rings is 1. The van der Waals surface area contributed by atoms with Crippen molar-refractivity contribution in [3.63, 3.8) is 0 Å². The summed E-state index contributed by atoms with van der Waals surface area (Å²) in [5.74, 6) is 0.439. The third kappa shape index (κ3) is 5.59. The van der Waals surface area contributed by atoms with Gasteiger partial charge in [0.05, 0.1) is 19.8 Å². The van der Waals surface area contributed by atoms with Gasteiger partial charge in [0.15, 0.2) is 17.6 Å². The number of carbonyl (C=O) groups excluding carboxylic acids is 2. The predicted molar refractivity (Wildman–Crippen MR) is 103 cm³/mol. The highest BCUT2D eigenvalue weighted by atomic mass is 32.1. The first-order chi connectivity index (χ1) is 13.1. The molecule has 1 aliphatic rings. The highest BCUT2D eigenvalue weighted by molar-refractivity contribution is 7.09. The smallest absolute Gasteiger partial charge is 0.331 e. The van der Waals surface area contributed by atoms with Crippen LogP contribution in [0.3, 0.4) is 0 Å². The molecule has 0 unspecified atom stereocenters. The fraction of sp³-hybridized carbons (Fsp3) is 0.300. The summed E-state index contributed by atoms with van der Waals surface area (Å²) in [7, 11) is 0. The quantitative estimate of drug-likeness (QED) is 0.609. The van der Waals surface area contributed by atoms with Crippen LogP contribution in [-0.4, -0.2) is 31.2 Å². The van der Waals surface area contributed by atoms with Crippen molar-refractivity contribution >= 4 is 29.3 Å². The molecule has 2 aromatic rings. The summed E-state index contributed by atoms with van der Waals surface area (Å²) >= 11 is 1.55. The number of nitrogens with one attached hydrogen (secondary N) is 1. The van der Waals surface area contributed by atoms with Crippen LogP contribution in [0.2, 0.25) is 0 Å². The Bertz CT molecular complexity index is 816. The summed E-state index contributed by atoms with van der Waals surface area (Å²) in [6, 6.07) is 9.29. The number of esters is 1. The van der Waals surface area contributed by atoms with Crippen LogP contribution in [-0.2, 0) is 20.9 Å². The molecule has 0 bridgehead atoms. The molecule has 1 aromatic carbocycles. The normalized spacial score (nSPS) is 14.4. The van der Waals surface area contributed by atoms with E-state index in [-0.39, 0.29) is 5.91 Å². The minimum absolute atomic E-state index is 0.333. The lowest BCUT2D eigenvalue weighted by molar-refractivity contribution is -0.150. The van der Waals surface area contributed by atoms with Gasteiger partial charge in [-0.1, -0.05) is 12.1 Å². The summed E-state index contributed by atoms with van der Waals surface area (Å²) in [6.45, 7) is 3.19. The third-order valence-corrected chi connectivity index (χ3v) is 4.74. The largest absolute Gasteiger partial charge is 0.490 e. The van der Waals surface area contributed by atoms with Crippen molar-refractivity contribution in [2.24, 2.45) is 0 Å². The number of carbonyl (C=O) groups is 2. The van der Waals surface area contributed by atoms with E-state index in [1.807, 2.05) is 35.7 Å². The molecule has 142 valence electrons. The second kappa shape index (κ2) is 9.23. The second-order valence-corrected chi connectivity index (χ2v) is 7.00. The molecular formula is C20H21NO5S. The number of rotatable bonds is 6. The molecule has 0 spiro atoms. The molecule has 3 rings (SSSR count). The SMILES string of the molecule is C[C@H](OC(=O)/C=C/c1ccc2c(c1)OCCCO2)C(=O)NCc1cccs1. The van der Waals surface area contributed by atoms with Gasteiger partial charge in [-0.15, -0.1) is 11.3 Å². The number of hydrogen-bond donors (Lipinski definition) is 1. The van der Waals surface area contributed by atoms with E-state index in [9.17, 15) is 9.59 Å². The number of hydrogen-bond acceptors (Lipinski definition) is 6. The van der Waals surface area contributed by atoms with Crippen molar-refractivity contribution in [1.29, 1.82) is 0 Å². The average molecular weight is 387 g/mol. The van der Waals surface area contributed by atoms with Crippen LogP contribution in [0.1, 0.15) is 23.8 Å². The molecule has 1 atom stereocenters. The lowest BCUT2D eigenvalue weighted by atomic mass is 10.2. The van der Waals surface area contributed by atoms with Crippen molar-refractivity contribution in [1.82, 2.24) is 5.32 Å². The van der Waals surface area contributed by atoms with Crippen molar-refractivity contribution in [3.8, 4) is 11.5 Å². The fourth-order valence-electron chi connectivity index (χ4n) is 2.45. The molecule has 0 aliphatic carbocycles. The van der Waals surface area contributed by atoms with Gasteiger partial charge in [-0.05, 0) is 42.1 Å². The summed E-state index contributed by atoms with van der Waals surface area (Å²) < 4.78 is 16.3. The van der Waals surface area contributed by atoms with E-state index >= 15 is 0 Å². The van der Waals surface area contributed by atoms with E-state index in [1.165, 1.54) is 6.08 Å². The highest BCUT2D eigenvalue weighted by Crippen LogP contribution is 2.30. The molecule has 0 saturated heterocycles. The first-order valence-corrected chi connectivity index (χ1v) is 9.58. The van der Waals surface area contributed by atoms with Crippen LogP contribution in [0.15, 0.2) is 41.8 Å². The van der Waals surface area contributed by atoms with Crippen molar-refractivity contribution in [2.75, 3.05) is 13.2 Å². The molecule has 1 amide bonds. The van der Waals surface area contributed by atoms with Crippen LogP contribution in [0.4, 0.5) is 0 Å². The Morgan fingerprint density at radius 3 is 2.85 bits per heavy atom. The van der Waals surface area contributed by atoms with Crippen LogP contribution in [0, 0.1) is 0 Å². The molecule has 27 heavy (non-hydrogen) atoms. The lowest BCUT2D eigenvalue weighted by Crippen LogP contribution is -2.34. The molecule has 0 fully saturated rings. The van der Waals surface area contributed by atoms with E-state index < -0.39 is 12.1 Å². The lowest BCUT2D eigenvalue weighted by Gasteiger charge is -2.11. The topological polar surface area (TPSA) is 73.9 Å². The van der Waals surface area contributed by atoms with E-state index in [2.05, 4.69) is 5.32 Å². The van der Waals surface area contributed by atoms with Gasteiger partial charge in [0.1, 0.15) is 0 Å². The van der Waals surface area contributed by atoms with Crippen molar-refractivity contribution in [2.45, 2.75) is 26.0 Å². The van der Waals surface area contributed by atoms with Gasteiger partial charge in [-0.2, -0.15) is 0 Å². The Hall–Kier alpha value is -2.80. The second-order valence-electron chi connectivity index (χ2n) is 5.97. The average Bonchev–Trinajstić information content (AvgIpc) is 3.08. The van der Waals surface area contributed by atoms with Gasteiger partial charge in [-0.3, -0.25) is 4.79 Å². The zero-order chi connectivity index (χ0) is 19.1. The van der Waals surface area contributed by atoms with Crippen LogP contribution in [0.5, 0.6) is 11.5 Å². The monoisotopic (exact) mass is 387 g/mol. The summed E-state index contributed by atoms with van der Waals surface area (Å²) in [5, 5.41) is 4.68.